The van der Waals surface area contributed by atoms with Crippen LogP contribution in [0.15, 0.2) is 17.2 Å². The van der Waals surface area contributed by atoms with Crippen LogP contribution in [0.3, 0.4) is 0 Å². The highest BCUT2D eigenvalue weighted by atomic mass is 35.5. The fraction of sp³-hybridized carbons (Fsp3) is 0.400. The van der Waals surface area contributed by atoms with E-state index < -0.39 is 5.41 Å². The summed E-state index contributed by atoms with van der Waals surface area (Å²) in [7, 11) is 1.53. The van der Waals surface area contributed by atoms with Crippen LogP contribution in [0.5, 0.6) is 5.75 Å². The molecule has 0 bridgehead atoms. The van der Waals surface area contributed by atoms with E-state index in [1.54, 1.807) is 13.0 Å². The molecule has 1 aromatic carbocycles. The minimum Gasteiger partial charge on any atom is -0.495 e. The van der Waals surface area contributed by atoms with Gasteiger partial charge in [0.15, 0.2) is 5.78 Å². The highest BCUT2D eigenvalue weighted by Gasteiger charge is 2.43. The first-order valence-corrected chi connectivity index (χ1v) is 7.35. The first-order chi connectivity index (χ1) is 9.30. The predicted molar refractivity (Wildman–Crippen MR) is 83.4 cm³/mol. The molecule has 2 nitrogen and oxygen atoms in total. The van der Waals surface area contributed by atoms with Crippen molar-refractivity contribution in [3.05, 3.63) is 38.3 Å². The number of carbonyl (C=O) groups excluding carboxylic acids is 1. The van der Waals surface area contributed by atoms with Crippen molar-refractivity contribution in [2.24, 2.45) is 5.41 Å². The molecule has 0 radical (unpaired) electrons. The zero-order valence-electron chi connectivity index (χ0n) is 11.5. The van der Waals surface area contributed by atoms with Gasteiger partial charge in [0.2, 0.25) is 0 Å². The van der Waals surface area contributed by atoms with Crippen molar-refractivity contribution in [3.8, 4) is 5.75 Å². The Labute approximate surface area is 133 Å². The molecule has 1 atom stereocenters. The Balaban J connectivity index is 2.48. The molecule has 0 aromatic heterocycles. The normalized spacial score (nSPS) is 22.1. The van der Waals surface area contributed by atoms with Crippen molar-refractivity contribution >= 4 is 40.6 Å². The van der Waals surface area contributed by atoms with Gasteiger partial charge in [0.05, 0.1) is 12.1 Å². The fourth-order valence-electron chi connectivity index (χ4n) is 2.52. The number of fused-ring (bicyclic) bond motifs is 1. The SMILES string of the molecule is COc1cc2c(c(Cl)c1Cl)C(=O)C(C)(C/C=C(/C)Cl)C2. The summed E-state index contributed by atoms with van der Waals surface area (Å²) < 4.78 is 5.19. The summed E-state index contributed by atoms with van der Waals surface area (Å²) in [6, 6.07) is 1.80. The molecule has 1 unspecified atom stereocenters. The molecular formula is C15H15Cl3O2. The molecule has 1 aliphatic rings. The third-order valence-electron chi connectivity index (χ3n) is 3.66. The van der Waals surface area contributed by atoms with E-state index in [0.717, 1.165) is 5.56 Å². The maximum atomic E-state index is 12.6. The molecule has 0 aliphatic heterocycles. The summed E-state index contributed by atoms with van der Waals surface area (Å²) in [5.74, 6) is 0.507. The van der Waals surface area contributed by atoms with Crippen molar-refractivity contribution in [1.29, 1.82) is 0 Å². The van der Waals surface area contributed by atoms with Gasteiger partial charge in [-0.1, -0.05) is 47.8 Å². The maximum absolute atomic E-state index is 12.6. The first kappa shape index (κ1) is 15.7. The van der Waals surface area contributed by atoms with Crippen LogP contribution in [0, 0.1) is 5.41 Å². The number of halogens is 3. The van der Waals surface area contributed by atoms with E-state index in [1.807, 2.05) is 13.0 Å². The van der Waals surface area contributed by atoms with Crippen LogP contribution in [-0.4, -0.2) is 12.9 Å². The van der Waals surface area contributed by atoms with Gasteiger partial charge in [-0.25, -0.2) is 0 Å². The second-order valence-electron chi connectivity index (χ2n) is 5.30. The van der Waals surface area contributed by atoms with Crippen LogP contribution in [0.1, 0.15) is 36.2 Å². The number of allylic oxidation sites excluding steroid dienone is 2. The molecule has 0 amide bonds. The fourth-order valence-corrected chi connectivity index (χ4v) is 3.12. The number of ether oxygens (including phenoxy) is 1. The van der Waals surface area contributed by atoms with Crippen LogP contribution in [-0.2, 0) is 6.42 Å². The number of hydrogen-bond acceptors (Lipinski definition) is 2. The summed E-state index contributed by atoms with van der Waals surface area (Å²) in [4.78, 5) is 12.6. The summed E-state index contributed by atoms with van der Waals surface area (Å²) in [6.45, 7) is 3.72. The Hall–Kier alpha value is -0.700. The quantitative estimate of drug-likeness (QED) is 0.752. The van der Waals surface area contributed by atoms with Crippen molar-refractivity contribution in [2.45, 2.75) is 26.7 Å². The van der Waals surface area contributed by atoms with Crippen LogP contribution in [0.4, 0.5) is 0 Å². The van der Waals surface area contributed by atoms with Crippen molar-refractivity contribution in [3.63, 3.8) is 0 Å². The smallest absolute Gasteiger partial charge is 0.171 e. The molecule has 0 fully saturated rings. The topological polar surface area (TPSA) is 26.3 Å². The highest BCUT2D eigenvalue weighted by molar-refractivity contribution is 6.45. The van der Waals surface area contributed by atoms with Crippen LogP contribution in [0.2, 0.25) is 10.0 Å². The van der Waals surface area contributed by atoms with Gasteiger partial charge in [0, 0.05) is 16.0 Å². The Bertz CT molecular complexity index is 604. The lowest BCUT2D eigenvalue weighted by Crippen LogP contribution is -2.23. The highest BCUT2D eigenvalue weighted by Crippen LogP contribution is 2.47. The Morgan fingerprint density at radius 3 is 2.65 bits per heavy atom. The first-order valence-electron chi connectivity index (χ1n) is 6.22. The second kappa shape index (κ2) is 5.59. The van der Waals surface area contributed by atoms with Gasteiger partial charge < -0.3 is 4.74 Å². The van der Waals surface area contributed by atoms with Gasteiger partial charge in [0.1, 0.15) is 10.8 Å². The van der Waals surface area contributed by atoms with Crippen LogP contribution >= 0.6 is 34.8 Å². The lowest BCUT2D eigenvalue weighted by atomic mass is 9.82. The molecule has 0 saturated carbocycles. The zero-order valence-corrected chi connectivity index (χ0v) is 13.8. The van der Waals surface area contributed by atoms with Gasteiger partial charge in [0.25, 0.3) is 0 Å². The molecule has 5 heteroatoms. The van der Waals surface area contributed by atoms with Gasteiger partial charge in [-0.2, -0.15) is 0 Å². The molecule has 0 spiro atoms. The molecule has 1 aromatic rings. The number of ketones is 1. The van der Waals surface area contributed by atoms with E-state index in [1.165, 1.54) is 7.11 Å². The monoisotopic (exact) mass is 332 g/mol. The average Bonchev–Trinajstić information content (AvgIpc) is 2.64. The van der Waals surface area contributed by atoms with Gasteiger partial charge in [-0.15, -0.1) is 0 Å². The molecule has 0 N–H and O–H groups in total. The molecule has 2 rings (SSSR count). The van der Waals surface area contributed by atoms with E-state index in [9.17, 15) is 4.79 Å². The largest absolute Gasteiger partial charge is 0.495 e. The molecular weight excluding hydrogens is 319 g/mol. The third-order valence-corrected chi connectivity index (χ3v) is 4.67. The number of hydrogen-bond donors (Lipinski definition) is 0. The Morgan fingerprint density at radius 2 is 2.10 bits per heavy atom. The van der Waals surface area contributed by atoms with E-state index in [0.29, 0.717) is 29.2 Å². The third kappa shape index (κ3) is 2.57. The van der Waals surface area contributed by atoms with Gasteiger partial charge in [-0.3, -0.25) is 4.79 Å². The summed E-state index contributed by atoms with van der Waals surface area (Å²) >= 11 is 18.2. The van der Waals surface area contributed by atoms with E-state index >= 15 is 0 Å². The molecule has 1 aliphatic carbocycles. The zero-order chi connectivity index (χ0) is 15.1. The molecule has 20 heavy (non-hydrogen) atoms. The number of carbonyl (C=O) groups is 1. The lowest BCUT2D eigenvalue weighted by molar-refractivity contribution is 0.0845. The summed E-state index contributed by atoms with van der Waals surface area (Å²) in [6.07, 6.45) is 3.04. The lowest BCUT2D eigenvalue weighted by Gasteiger charge is -2.19. The molecule has 0 saturated heterocycles. The maximum Gasteiger partial charge on any atom is 0.171 e. The number of rotatable bonds is 3. The number of benzene rings is 1. The van der Waals surface area contributed by atoms with Crippen molar-refractivity contribution in [1.82, 2.24) is 0 Å². The minimum atomic E-state index is -0.530. The summed E-state index contributed by atoms with van der Waals surface area (Å²) in [5.41, 5.74) is 0.864. The van der Waals surface area contributed by atoms with Crippen molar-refractivity contribution in [2.75, 3.05) is 7.11 Å². The summed E-state index contributed by atoms with van der Waals surface area (Å²) in [5, 5.41) is 1.24. The van der Waals surface area contributed by atoms with E-state index in [2.05, 4.69) is 0 Å². The number of methoxy groups -OCH3 is 1. The van der Waals surface area contributed by atoms with Crippen LogP contribution in [0.25, 0.3) is 0 Å². The van der Waals surface area contributed by atoms with Crippen molar-refractivity contribution < 1.29 is 9.53 Å². The molecule has 108 valence electrons. The average molecular weight is 334 g/mol. The second-order valence-corrected chi connectivity index (χ2v) is 6.65. The van der Waals surface area contributed by atoms with E-state index in [-0.39, 0.29) is 15.8 Å². The number of Topliss-reactive ketones (excluding diaryl/α,β-unsaturated/α-hetero) is 1. The minimum absolute atomic E-state index is 0.0104. The Morgan fingerprint density at radius 1 is 1.45 bits per heavy atom. The van der Waals surface area contributed by atoms with E-state index in [4.69, 9.17) is 39.5 Å². The van der Waals surface area contributed by atoms with Gasteiger partial charge in [-0.05, 0) is 31.4 Å². The standard InChI is InChI=1S/C15H15Cl3O2/c1-8(16)4-5-15(2)7-9-6-10(20-3)12(17)13(18)11(9)14(15)19/h4,6H,5,7H2,1-3H3/b8-4-. The predicted octanol–water partition coefficient (Wildman–Crippen LogP) is 5.28. The van der Waals surface area contributed by atoms with Gasteiger partial charge >= 0.3 is 0 Å². The molecule has 0 heterocycles. The van der Waals surface area contributed by atoms with Crippen LogP contribution < -0.4 is 4.74 Å². The Kier molecular flexibility index (Phi) is 4.38.